The maximum Gasteiger partial charge on any atom is 0.303 e. The second-order valence-electron chi connectivity index (χ2n) is 7.65. The minimum absolute atomic E-state index is 0.289. The van der Waals surface area contributed by atoms with Crippen LogP contribution in [0.15, 0.2) is 42.5 Å². The van der Waals surface area contributed by atoms with E-state index < -0.39 is 5.97 Å². The van der Waals surface area contributed by atoms with Gasteiger partial charge in [-0.2, -0.15) is 11.8 Å². The second-order valence-corrected chi connectivity index (χ2v) is 8.68. The third-order valence-corrected chi connectivity index (χ3v) is 7.19. The molecule has 0 aliphatic heterocycles. The van der Waals surface area contributed by atoms with Crippen molar-refractivity contribution < 1.29 is 9.90 Å². The quantitative estimate of drug-likeness (QED) is 0.425. The number of carbonyl (C=O) groups is 1. The number of hydrogen-bond donors (Lipinski definition) is 1. The first-order valence-corrected chi connectivity index (χ1v) is 10.9. The van der Waals surface area contributed by atoms with Crippen molar-refractivity contribution in [1.82, 2.24) is 0 Å². The van der Waals surface area contributed by atoms with Crippen molar-refractivity contribution in [3.63, 3.8) is 0 Å². The van der Waals surface area contributed by atoms with E-state index in [-0.39, 0.29) is 6.42 Å². The lowest BCUT2D eigenvalue weighted by Crippen LogP contribution is -2.24. The highest BCUT2D eigenvalue weighted by molar-refractivity contribution is 7.98. The predicted molar refractivity (Wildman–Crippen MR) is 106 cm³/mol. The number of allylic oxidation sites excluding steroid dienone is 2. The monoisotopic (exact) mass is 358 g/mol. The van der Waals surface area contributed by atoms with Gasteiger partial charge >= 0.3 is 5.97 Å². The molecule has 25 heavy (non-hydrogen) atoms. The van der Waals surface area contributed by atoms with Gasteiger partial charge in [0.2, 0.25) is 0 Å². The smallest absolute Gasteiger partial charge is 0.303 e. The van der Waals surface area contributed by atoms with Gasteiger partial charge in [0.15, 0.2) is 0 Å². The minimum Gasteiger partial charge on any atom is -0.481 e. The Balaban J connectivity index is 1.43. The zero-order chi connectivity index (χ0) is 17.5. The summed E-state index contributed by atoms with van der Waals surface area (Å²) in [6.07, 6.45) is 12.0. The van der Waals surface area contributed by atoms with Gasteiger partial charge in [0.05, 0.1) is 0 Å². The van der Waals surface area contributed by atoms with E-state index in [1.165, 1.54) is 37.0 Å². The van der Waals surface area contributed by atoms with E-state index in [0.717, 1.165) is 42.3 Å². The van der Waals surface area contributed by atoms with E-state index in [9.17, 15) is 4.79 Å². The highest BCUT2D eigenvalue weighted by Gasteiger charge is 2.46. The van der Waals surface area contributed by atoms with Gasteiger partial charge in [-0.25, -0.2) is 0 Å². The number of benzene rings is 1. The van der Waals surface area contributed by atoms with Gasteiger partial charge in [0.25, 0.3) is 0 Å². The molecule has 0 aromatic heterocycles. The van der Waals surface area contributed by atoms with E-state index in [1.807, 2.05) is 0 Å². The van der Waals surface area contributed by atoms with Crippen molar-refractivity contribution in [2.24, 2.45) is 23.7 Å². The van der Waals surface area contributed by atoms with E-state index in [0.29, 0.717) is 0 Å². The maximum absolute atomic E-state index is 10.5. The summed E-state index contributed by atoms with van der Waals surface area (Å²) in [6.45, 7) is 0. The molecule has 0 unspecified atom stereocenters. The zero-order valence-electron chi connectivity index (χ0n) is 15.0. The number of carboxylic acids is 1. The summed E-state index contributed by atoms with van der Waals surface area (Å²) >= 11 is 2.11. The molecule has 2 saturated carbocycles. The lowest BCUT2D eigenvalue weighted by molar-refractivity contribution is -0.137. The fraction of sp³-hybridized carbons (Fsp3) is 0.591. The molecule has 3 rings (SSSR count). The van der Waals surface area contributed by atoms with E-state index in [1.54, 1.807) is 0 Å². The molecular weight excluding hydrogens is 328 g/mol. The number of thioether (sulfide) groups is 1. The summed E-state index contributed by atoms with van der Waals surface area (Å²) in [5, 5.41) is 8.69. The third-order valence-electron chi connectivity index (χ3n) is 6.03. The van der Waals surface area contributed by atoms with Crippen molar-refractivity contribution >= 4 is 17.7 Å². The molecule has 2 aliphatic carbocycles. The fourth-order valence-corrected chi connectivity index (χ4v) is 6.12. The second kappa shape index (κ2) is 9.47. The lowest BCUT2D eigenvalue weighted by Gasteiger charge is -2.30. The van der Waals surface area contributed by atoms with Crippen LogP contribution in [0.4, 0.5) is 0 Å². The minimum atomic E-state index is -0.683. The van der Waals surface area contributed by atoms with Crippen LogP contribution in [0, 0.1) is 23.7 Å². The molecule has 3 heteroatoms. The van der Waals surface area contributed by atoms with E-state index in [2.05, 4.69) is 54.2 Å². The Kier molecular flexibility index (Phi) is 7.03. The Bertz CT molecular complexity index is 569. The van der Waals surface area contributed by atoms with Crippen LogP contribution in [0.25, 0.3) is 0 Å². The summed E-state index contributed by atoms with van der Waals surface area (Å²) in [5.41, 5.74) is 1.44. The Morgan fingerprint density at radius 1 is 1.12 bits per heavy atom. The predicted octanol–water partition coefficient (Wildman–Crippen LogP) is 5.78. The highest BCUT2D eigenvalue weighted by Crippen LogP contribution is 2.54. The Morgan fingerprint density at radius 2 is 1.88 bits per heavy atom. The van der Waals surface area contributed by atoms with E-state index in [4.69, 9.17) is 5.11 Å². The summed E-state index contributed by atoms with van der Waals surface area (Å²) in [6, 6.07) is 10.8. The molecule has 0 radical (unpaired) electrons. The first kappa shape index (κ1) is 18.6. The van der Waals surface area contributed by atoms with Crippen molar-refractivity contribution in [2.45, 2.75) is 50.7 Å². The van der Waals surface area contributed by atoms with Crippen molar-refractivity contribution in [3.8, 4) is 0 Å². The van der Waals surface area contributed by atoms with Gasteiger partial charge in [-0.3, -0.25) is 4.79 Å². The van der Waals surface area contributed by atoms with Crippen LogP contribution in [0.1, 0.15) is 50.5 Å². The number of aliphatic carboxylic acids is 1. The van der Waals surface area contributed by atoms with Crippen LogP contribution in [-0.2, 0) is 10.5 Å². The molecule has 0 heterocycles. The zero-order valence-corrected chi connectivity index (χ0v) is 15.8. The normalized spacial score (nSPS) is 28.0. The van der Waals surface area contributed by atoms with Crippen LogP contribution >= 0.6 is 11.8 Å². The largest absolute Gasteiger partial charge is 0.481 e. The molecule has 0 amide bonds. The molecule has 2 nitrogen and oxygen atoms in total. The van der Waals surface area contributed by atoms with Crippen LogP contribution in [0.5, 0.6) is 0 Å². The number of fused-ring (bicyclic) bond motifs is 2. The molecule has 1 N–H and O–H groups in total. The van der Waals surface area contributed by atoms with Crippen LogP contribution in [-0.4, -0.2) is 16.8 Å². The van der Waals surface area contributed by atoms with Crippen LogP contribution < -0.4 is 0 Å². The Morgan fingerprint density at radius 3 is 2.64 bits per heavy atom. The average Bonchev–Trinajstić information content (AvgIpc) is 3.21. The molecule has 136 valence electrons. The average molecular weight is 359 g/mol. The standard InChI is InChI=1S/C22H30O2S/c23-22(24)11-7-2-1-6-10-20-18-12-13-19(14-18)21(20)16-25-15-17-8-4-3-5-9-17/h1,3-6,8-9,18-21H,2,7,10-16H2,(H,23,24)/b6-1-/t18-,19+,20-,21+/m0/s1. The Labute approximate surface area is 156 Å². The van der Waals surface area contributed by atoms with Gasteiger partial charge in [0, 0.05) is 12.2 Å². The maximum atomic E-state index is 10.5. The molecule has 2 aliphatic rings. The van der Waals surface area contributed by atoms with Crippen molar-refractivity contribution in [3.05, 3.63) is 48.0 Å². The number of unbranched alkanes of at least 4 members (excludes halogenated alkanes) is 1. The first-order chi connectivity index (χ1) is 12.2. The molecule has 0 spiro atoms. The Hall–Kier alpha value is -1.22. The van der Waals surface area contributed by atoms with Crippen molar-refractivity contribution in [1.29, 1.82) is 0 Å². The fourth-order valence-electron chi connectivity index (χ4n) is 4.79. The van der Waals surface area contributed by atoms with Gasteiger partial charge < -0.3 is 5.11 Å². The highest BCUT2D eigenvalue weighted by atomic mass is 32.2. The molecule has 4 atom stereocenters. The van der Waals surface area contributed by atoms with Gasteiger partial charge in [-0.1, -0.05) is 42.5 Å². The SMILES string of the molecule is O=C(O)CCC/C=C\C[C@H]1[C@H]2CC[C@H](C2)[C@H]1CSCc1ccccc1. The summed E-state index contributed by atoms with van der Waals surface area (Å²) < 4.78 is 0. The van der Waals surface area contributed by atoms with Gasteiger partial charge in [0.1, 0.15) is 0 Å². The van der Waals surface area contributed by atoms with Crippen LogP contribution in [0.2, 0.25) is 0 Å². The van der Waals surface area contributed by atoms with E-state index >= 15 is 0 Å². The lowest BCUT2D eigenvalue weighted by atomic mass is 9.78. The first-order valence-electron chi connectivity index (χ1n) is 9.72. The summed E-state index contributed by atoms with van der Waals surface area (Å²) in [5.74, 6) is 5.39. The third kappa shape index (κ3) is 5.37. The summed E-state index contributed by atoms with van der Waals surface area (Å²) in [7, 11) is 0. The van der Waals surface area contributed by atoms with Gasteiger partial charge in [-0.05, 0) is 73.5 Å². The number of rotatable bonds is 10. The molecule has 0 saturated heterocycles. The summed E-state index contributed by atoms with van der Waals surface area (Å²) in [4.78, 5) is 10.5. The van der Waals surface area contributed by atoms with Crippen molar-refractivity contribution in [2.75, 3.05) is 5.75 Å². The molecule has 1 aromatic carbocycles. The molecule has 2 fully saturated rings. The van der Waals surface area contributed by atoms with Gasteiger partial charge in [-0.15, -0.1) is 0 Å². The molecular formula is C22H30O2S. The number of carboxylic acid groups (broad SMARTS) is 1. The topological polar surface area (TPSA) is 37.3 Å². The molecule has 2 bridgehead atoms. The molecule has 1 aromatic rings. The van der Waals surface area contributed by atoms with Crippen LogP contribution in [0.3, 0.4) is 0 Å². The number of hydrogen-bond acceptors (Lipinski definition) is 2.